The number of halogens is 3. The number of hydrogen-bond donors (Lipinski definition) is 2. The maximum atomic E-state index is 13.2. The van der Waals surface area contributed by atoms with Gasteiger partial charge in [-0.1, -0.05) is 30.3 Å². The van der Waals surface area contributed by atoms with Gasteiger partial charge in [-0.2, -0.15) is 8.78 Å². The Bertz CT molecular complexity index is 739. The summed E-state index contributed by atoms with van der Waals surface area (Å²) in [5.74, 6) is -3.23. The second-order valence-electron chi connectivity index (χ2n) is 4.74. The summed E-state index contributed by atoms with van der Waals surface area (Å²) in [6, 6.07) is 9.49. The summed E-state index contributed by atoms with van der Waals surface area (Å²) in [5, 5.41) is 2.32. The van der Waals surface area contributed by atoms with Gasteiger partial charge in [0.05, 0.1) is 5.56 Å². The molecule has 0 fully saturated rings. The maximum absolute atomic E-state index is 13.2. The lowest BCUT2D eigenvalue weighted by Gasteiger charge is -2.17. The zero-order valence-electron chi connectivity index (χ0n) is 12.2. The van der Waals surface area contributed by atoms with Crippen molar-refractivity contribution >= 4 is 11.8 Å². The summed E-state index contributed by atoms with van der Waals surface area (Å²) in [6.45, 7) is -3.24. The molecule has 0 aromatic heterocycles. The highest BCUT2D eigenvalue weighted by Crippen LogP contribution is 2.23. The predicted octanol–water partition coefficient (Wildman–Crippen LogP) is 2.38. The number of carbonyl (C=O) groups is 2. The molecule has 0 aliphatic heterocycles. The van der Waals surface area contributed by atoms with Crippen LogP contribution in [-0.2, 0) is 4.79 Å². The number of nitrogens with one attached hydrogen (secondary N) is 1. The van der Waals surface area contributed by atoms with E-state index in [0.717, 1.165) is 12.1 Å². The zero-order chi connectivity index (χ0) is 17.7. The molecule has 0 aliphatic carbocycles. The van der Waals surface area contributed by atoms with Gasteiger partial charge in [0.25, 0.3) is 5.91 Å². The summed E-state index contributed by atoms with van der Waals surface area (Å²) in [7, 11) is 0. The van der Waals surface area contributed by atoms with E-state index in [1.54, 1.807) is 30.3 Å². The van der Waals surface area contributed by atoms with E-state index in [-0.39, 0.29) is 5.56 Å². The lowest BCUT2D eigenvalue weighted by Crippen LogP contribution is -2.37. The molecule has 0 saturated carbocycles. The maximum Gasteiger partial charge on any atom is 0.387 e. The first-order chi connectivity index (χ1) is 11.4. The van der Waals surface area contributed by atoms with Crippen molar-refractivity contribution in [2.24, 2.45) is 5.73 Å². The molecule has 2 aromatic carbocycles. The molecule has 0 spiro atoms. The molecular weight excluding hydrogens is 325 g/mol. The monoisotopic (exact) mass is 338 g/mol. The Morgan fingerprint density at radius 2 is 1.75 bits per heavy atom. The van der Waals surface area contributed by atoms with Crippen molar-refractivity contribution in [3.05, 3.63) is 65.5 Å². The Balaban J connectivity index is 2.29. The van der Waals surface area contributed by atoms with Crippen molar-refractivity contribution in [2.45, 2.75) is 12.7 Å². The van der Waals surface area contributed by atoms with E-state index in [9.17, 15) is 22.8 Å². The standard InChI is InChI=1S/C16H13F3N2O3/c17-10-6-7-11(12(8-10)24-16(18)19)15(23)21-13(14(20)22)9-4-2-1-3-5-9/h1-8,13,16H,(H2,20,22)(H,21,23)/t13-/m1/s1. The molecule has 2 rings (SSSR count). The fourth-order valence-corrected chi connectivity index (χ4v) is 2.05. The molecular formula is C16H13F3N2O3. The molecule has 5 nitrogen and oxygen atoms in total. The zero-order valence-corrected chi connectivity index (χ0v) is 12.2. The van der Waals surface area contributed by atoms with Gasteiger partial charge in [-0.25, -0.2) is 4.39 Å². The van der Waals surface area contributed by atoms with Gasteiger partial charge in [0.1, 0.15) is 17.6 Å². The van der Waals surface area contributed by atoms with Crippen molar-refractivity contribution in [1.29, 1.82) is 0 Å². The summed E-state index contributed by atoms with van der Waals surface area (Å²) in [4.78, 5) is 23.9. The lowest BCUT2D eigenvalue weighted by molar-refractivity contribution is -0.120. The van der Waals surface area contributed by atoms with Crippen LogP contribution in [0.4, 0.5) is 13.2 Å². The average Bonchev–Trinajstić information content (AvgIpc) is 2.52. The third kappa shape index (κ3) is 4.25. The van der Waals surface area contributed by atoms with Crippen molar-refractivity contribution in [3.8, 4) is 5.75 Å². The number of amides is 2. The van der Waals surface area contributed by atoms with Gasteiger partial charge in [-0.3, -0.25) is 9.59 Å². The molecule has 0 unspecified atom stereocenters. The summed E-state index contributed by atoms with van der Waals surface area (Å²) in [5.41, 5.74) is 5.34. The summed E-state index contributed by atoms with van der Waals surface area (Å²) >= 11 is 0. The van der Waals surface area contributed by atoms with Crippen LogP contribution in [0.5, 0.6) is 5.75 Å². The lowest BCUT2D eigenvalue weighted by atomic mass is 10.1. The molecule has 1 atom stereocenters. The Morgan fingerprint density at radius 1 is 1.08 bits per heavy atom. The minimum atomic E-state index is -3.24. The topological polar surface area (TPSA) is 81.4 Å². The Hall–Kier alpha value is -3.03. The molecule has 126 valence electrons. The number of hydrogen-bond acceptors (Lipinski definition) is 3. The first kappa shape index (κ1) is 17.3. The van der Waals surface area contributed by atoms with Gasteiger partial charge < -0.3 is 15.8 Å². The molecule has 0 radical (unpaired) electrons. The number of carbonyl (C=O) groups excluding carboxylic acids is 2. The molecule has 0 bridgehead atoms. The van der Waals surface area contributed by atoms with E-state index in [1.807, 2.05) is 0 Å². The number of benzene rings is 2. The van der Waals surface area contributed by atoms with E-state index >= 15 is 0 Å². The quantitative estimate of drug-likeness (QED) is 0.848. The number of ether oxygens (including phenoxy) is 1. The summed E-state index contributed by atoms with van der Waals surface area (Å²) < 4.78 is 42.1. The Morgan fingerprint density at radius 3 is 2.33 bits per heavy atom. The van der Waals surface area contributed by atoms with E-state index in [4.69, 9.17) is 5.73 Å². The van der Waals surface area contributed by atoms with Crippen LogP contribution in [-0.4, -0.2) is 18.4 Å². The molecule has 0 heterocycles. The van der Waals surface area contributed by atoms with Gasteiger partial charge in [-0.15, -0.1) is 0 Å². The van der Waals surface area contributed by atoms with Gasteiger partial charge in [0.15, 0.2) is 0 Å². The van der Waals surface area contributed by atoms with Crippen LogP contribution in [0.15, 0.2) is 48.5 Å². The molecule has 0 aliphatic rings. The van der Waals surface area contributed by atoms with Crippen LogP contribution in [0.3, 0.4) is 0 Å². The first-order valence-electron chi connectivity index (χ1n) is 6.78. The Kier molecular flexibility index (Phi) is 5.41. The van der Waals surface area contributed by atoms with E-state index in [0.29, 0.717) is 11.6 Å². The van der Waals surface area contributed by atoms with Crippen LogP contribution < -0.4 is 15.8 Å². The second-order valence-corrected chi connectivity index (χ2v) is 4.74. The SMILES string of the molecule is NC(=O)[C@H](NC(=O)c1ccc(F)cc1OC(F)F)c1ccccc1. The molecule has 8 heteroatoms. The third-order valence-corrected chi connectivity index (χ3v) is 3.10. The average molecular weight is 338 g/mol. The van der Waals surface area contributed by atoms with E-state index in [1.165, 1.54) is 0 Å². The fourth-order valence-electron chi connectivity index (χ4n) is 2.05. The van der Waals surface area contributed by atoms with Gasteiger partial charge >= 0.3 is 6.61 Å². The van der Waals surface area contributed by atoms with E-state index < -0.39 is 36.0 Å². The number of nitrogens with two attached hydrogens (primary N) is 1. The summed E-state index contributed by atoms with van der Waals surface area (Å²) in [6.07, 6.45) is 0. The molecule has 3 N–H and O–H groups in total. The highest BCUT2D eigenvalue weighted by molar-refractivity contribution is 5.99. The predicted molar refractivity (Wildman–Crippen MR) is 78.9 cm³/mol. The van der Waals surface area contributed by atoms with Crippen molar-refractivity contribution < 1.29 is 27.5 Å². The number of alkyl halides is 2. The van der Waals surface area contributed by atoms with Crippen molar-refractivity contribution in [1.82, 2.24) is 5.32 Å². The highest BCUT2D eigenvalue weighted by Gasteiger charge is 2.23. The third-order valence-electron chi connectivity index (χ3n) is 3.10. The van der Waals surface area contributed by atoms with Crippen LogP contribution in [0.1, 0.15) is 22.0 Å². The highest BCUT2D eigenvalue weighted by atomic mass is 19.3. The molecule has 2 aromatic rings. The second kappa shape index (κ2) is 7.49. The fraction of sp³-hybridized carbons (Fsp3) is 0.125. The van der Waals surface area contributed by atoms with Gasteiger partial charge in [0.2, 0.25) is 5.91 Å². The van der Waals surface area contributed by atoms with Crippen LogP contribution in [0, 0.1) is 5.82 Å². The van der Waals surface area contributed by atoms with Crippen LogP contribution in [0.25, 0.3) is 0 Å². The Labute approximate surface area is 135 Å². The minimum Gasteiger partial charge on any atom is -0.434 e. The normalized spacial score (nSPS) is 11.8. The van der Waals surface area contributed by atoms with Gasteiger partial charge in [-0.05, 0) is 17.7 Å². The van der Waals surface area contributed by atoms with Crippen molar-refractivity contribution in [2.75, 3.05) is 0 Å². The molecule has 2 amide bonds. The molecule has 24 heavy (non-hydrogen) atoms. The largest absolute Gasteiger partial charge is 0.434 e. The first-order valence-corrected chi connectivity index (χ1v) is 6.78. The van der Waals surface area contributed by atoms with Gasteiger partial charge in [0, 0.05) is 6.07 Å². The van der Waals surface area contributed by atoms with Crippen LogP contribution >= 0.6 is 0 Å². The number of rotatable bonds is 6. The number of primary amides is 1. The molecule has 0 saturated heterocycles. The van der Waals surface area contributed by atoms with E-state index in [2.05, 4.69) is 10.1 Å². The minimum absolute atomic E-state index is 0.348. The van der Waals surface area contributed by atoms with Crippen LogP contribution in [0.2, 0.25) is 0 Å². The smallest absolute Gasteiger partial charge is 0.387 e. The van der Waals surface area contributed by atoms with Crippen molar-refractivity contribution in [3.63, 3.8) is 0 Å².